The molecule has 1 saturated heterocycles. The minimum Gasteiger partial charge on any atom is -0.406 e. The van der Waals surface area contributed by atoms with Gasteiger partial charge < -0.3 is 15.0 Å². The van der Waals surface area contributed by atoms with Crippen molar-refractivity contribution in [2.45, 2.75) is 21.5 Å². The third kappa shape index (κ3) is 4.24. The van der Waals surface area contributed by atoms with E-state index in [1.165, 1.54) is 6.20 Å². The van der Waals surface area contributed by atoms with Gasteiger partial charge in [-0.25, -0.2) is 4.98 Å². The number of nitrogens with zero attached hydrogens (tertiary/aromatic N) is 4. The fourth-order valence-corrected chi connectivity index (χ4v) is 3.55. The van der Waals surface area contributed by atoms with Crippen molar-refractivity contribution in [3.05, 3.63) is 49.1 Å². The zero-order valence-electron chi connectivity index (χ0n) is 18.1. The number of morpholine rings is 1. The average Bonchev–Trinajstić information content (AvgIpc) is 2.75. The first-order valence-corrected chi connectivity index (χ1v) is 9.99. The van der Waals surface area contributed by atoms with Crippen LogP contribution < -0.4 is 5.32 Å². The minimum absolute atomic E-state index is 0.216. The largest absolute Gasteiger partial charge is 0.406 e. The van der Waals surface area contributed by atoms with Crippen LogP contribution in [0.5, 0.6) is 0 Å². The van der Waals surface area contributed by atoms with Crippen LogP contribution in [0.3, 0.4) is 0 Å². The summed E-state index contributed by atoms with van der Waals surface area (Å²) in [4.78, 5) is 26.4. The Balaban J connectivity index is 1.59. The first kappa shape index (κ1) is 24.7. The summed E-state index contributed by atoms with van der Waals surface area (Å²) >= 11 is 0. The van der Waals surface area contributed by atoms with Gasteiger partial charge in [-0.3, -0.25) is 14.8 Å². The molecule has 1 aliphatic heterocycles. The van der Waals surface area contributed by atoms with Gasteiger partial charge in [0.25, 0.3) is 0 Å². The SMILES string of the molecule is [B]C1([B])OC([B])([B])C([B])([B])N(CC(=O)Nc2cc3cc(-c4cccnc4)cnc3cn2)C1([B])[B]. The molecule has 0 aliphatic carbocycles. The Morgan fingerprint density at radius 1 is 0.912 bits per heavy atom. The molecule has 0 bridgehead atoms. The number of hydrogen-bond acceptors (Lipinski definition) is 6. The smallest absolute Gasteiger partial charge is 0.239 e. The van der Waals surface area contributed by atoms with Crippen LogP contribution in [-0.2, 0) is 9.53 Å². The van der Waals surface area contributed by atoms with Crippen LogP contribution in [0.15, 0.2) is 49.1 Å². The number of aromatic nitrogens is 3. The maximum Gasteiger partial charge on any atom is 0.239 e. The Bertz CT molecular complexity index is 1220. The fraction of sp³-hybridized carbons (Fsp3) is 0.263. The van der Waals surface area contributed by atoms with Crippen molar-refractivity contribution in [3.63, 3.8) is 0 Å². The normalized spacial score (nSPS) is 20.5. The molecule has 3 aromatic rings. The first-order chi connectivity index (χ1) is 15.7. The van der Waals surface area contributed by atoms with E-state index in [4.69, 9.17) is 67.5 Å². The van der Waals surface area contributed by atoms with E-state index in [1.807, 2.05) is 18.2 Å². The predicted octanol–water partition coefficient (Wildman–Crippen LogP) is -2.07. The number of nitrogens with one attached hydrogen (secondary N) is 1. The number of amides is 1. The first-order valence-electron chi connectivity index (χ1n) is 9.99. The van der Waals surface area contributed by atoms with E-state index in [9.17, 15) is 4.79 Å². The van der Waals surface area contributed by atoms with E-state index in [2.05, 4.69) is 20.3 Å². The minimum atomic E-state index is -2.30. The second kappa shape index (κ2) is 8.38. The number of pyridine rings is 3. The highest BCUT2D eigenvalue weighted by atomic mass is 16.5. The molecule has 7 nitrogen and oxygen atoms in total. The lowest BCUT2D eigenvalue weighted by Gasteiger charge is -2.70. The third-order valence-electron chi connectivity index (χ3n) is 5.61. The topological polar surface area (TPSA) is 80.2 Å². The Labute approximate surface area is 208 Å². The summed E-state index contributed by atoms with van der Waals surface area (Å²) in [7, 11) is 47.5. The molecule has 0 saturated carbocycles. The lowest BCUT2D eigenvalue weighted by atomic mass is 9.30. The van der Waals surface area contributed by atoms with Crippen molar-refractivity contribution in [1.29, 1.82) is 0 Å². The molecule has 1 N–H and O–H groups in total. The standard InChI is InChI=1S/C19H11B8N5O2/c20-16(21)18(24,25)34-19(26,27)17(22,23)32(16)9-15(33)31-14-5-11-4-12(7-29-13(11)8-30-14)10-2-1-3-28-6-10/h1-8H,9H2,(H,30,31,33). The predicted molar refractivity (Wildman–Crippen MR) is 136 cm³/mol. The van der Waals surface area contributed by atoms with Crippen LogP contribution in [0, 0.1) is 0 Å². The molecule has 0 unspecified atom stereocenters. The maximum absolute atomic E-state index is 12.9. The molecule has 4 rings (SSSR count). The number of fused-ring (bicyclic) bond motifs is 1. The molecule has 1 amide bonds. The lowest BCUT2D eigenvalue weighted by molar-refractivity contribution is -0.131. The molecule has 15 heteroatoms. The van der Waals surface area contributed by atoms with Gasteiger partial charge in [0.1, 0.15) is 5.82 Å². The summed E-state index contributed by atoms with van der Waals surface area (Å²) in [6.45, 7) is -0.594. The van der Waals surface area contributed by atoms with Crippen LogP contribution >= 0.6 is 0 Å². The Morgan fingerprint density at radius 2 is 1.59 bits per heavy atom. The molecule has 148 valence electrons. The van der Waals surface area contributed by atoms with Crippen molar-refractivity contribution in [2.75, 3.05) is 11.9 Å². The zero-order valence-corrected chi connectivity index (χ0v) is 18.1. The molecule has 3 aromatic heterocycles. The zero-order chi connectivity index (χ0) is 24.9. The van der Waals surface area contributed by atoms with Gasteiger partial charge in [-0.1, -0.05) is 6.07 Å². The van der Waals surface area contributed by atoms with Gasteiger partial charge in [-0.05, 0) is 39.7 Å². The van der Waals surface area contributed by atoms with E-state index < -0.39 is 33.9 Å². The number of carbonyl (C=O) groups is 1. The van der Waals surface area contributed by atoms with Crippen molar-refractivity contribution in [2.24, 2.45) is 0 Å². The van der Waals surface area contributed by atoms with Gasteiger partial charge >= 0.3 is 0 Å². The number of carbonyl (C=O) groups excluding carboxylic acids is 1. The monoisotopic (exact) mass is 429 g/mol. The molecule has 16 radical (unpaired) electrons. The van der Waals surface area contributed by atoms with E-state index in [0.29, 0.717) is 5.52 Å². The van der Waals surface area contributed by atoms with Crippen molar-refractivity contribution in [3.8, 4) is 11.1 Å². The van der Waals surface area contributed by atoms with Gasteiger partial charge in [0.2, 0.25) is 5.91 Å². The number of rotatable bonds is 4. The van der Waals surface area contributed by atoms with Gasteiger partial charge in [0.15, 0.2) is 0 Å². The molecule has 1 fully saturated rings. The van der Waals surface area contributed by atoms with E-state index in [-0.39, 0.29) is 5.82 Å². The van der Waals surface area contributed by atoms with Crippen molar-refractivity contribution >= 4 is 85.4 Å². The van der Waals surface area contributed by atoms with Crippen LogP contribution in [0.2, 0.25) is 0 Å². The molecule has 0 spiro atoms. The molecular formula is C19H11B8N5O2. The Hall–Kier alpha value is -2.38. The highest BCUT2D eigenvalue weighted by molar-refractivity contribution is 6.59. The Kier molecular flexibility index (Phi) is 6.10. The molecular weight excluding hydrogens is 417 g/mol. The second-order valence-corrected chi connectivity index (χ2v) is 8.20. The lowest BCUT2D eigenvalue weighted by Crippen LogP contribution is -2.86. The van der Waals surface area contributed by atoms with Gasteiger partial charge in [0.05, 0.1) is 81.0 Å². The van der Waals surface area contributed by atoms with E-state index in [0.717, 1.165) is 21.4 Å². The fourth-order valence-electron chi connectivity index (χ4n) is 3.55. The molecule has 0 atom stereocenters. The van der Waals surface area contributed by atoms with Gasteiger partial charge in [0, 0.05) is 35.1 Å². The van der Waals surface area contributed by atoms with Crippen LogP contribution in [0.25, 0.3) is 22.0 Å². The molecule has 4 heterocycles. The second-order valence-electron chi connectivity index (χ2n) is 8.20. The number of anilines is 1. The quantitative estimate of drug-likeness (QED) is 0.482. The summed E-state index contributed by atoms with van der Waals surface area (Å²) in [5.41, 5.74) is 2.35. The molecule has 34 heavy (non-hydrogen) atoms. The summed E-state index contributed by atoms with van der Waals surface area (Å²) in [6.07, 6.45) is 6.61. The van der Waals surface area contributed by atoms with Gasteiger partial charge in [-0.15, -0.1) is 0 Å². The third-order valence-corrected chi connectivity index (χ3v) is 5.61. The molecule has 0 aromatic carbocycles. The number of ether oxygens (including phenoxy) is 1. The summed E-state index contributed by atoms with van der Waals surface area (Å²) < 4.78 is 5.13. The van der Waals surface area contributed by atoms with E-state index >= 15 is 0 Å². The van der Waals surface area contributed by atoms with Gasteiger partial charge in [-0.2, -0.15) is 0 Å². The van der Waals surface area contributed by atoms with E-state index in [1.54, 1.807) is 24.7 Å². The van der Waals surface area contributed by atoms with Crippen molar-refractivity contribution < 1.29 is 9.53 Å². The van der Waals surface area contributed by atoms with Crippen LogP contribution in [0.1, 0.15) is 0 Å². The van der Waals surface area contributed by atoms with Crippen molar-refractivity contribution in [1.82, 2.24) is 19.9 Å². The van der Waals surface area contributed by atoms with Crippen LogP contribution in [0.4, 0.5) is 5.82 Å². The summed E-state index contributed by atoms with van der Waals surface area (Å²) in [5.74, 6) is -0.439. The maximum atomic E-state index is 12.9. The summed E-state index contributed by atoms with van der Waals surface area (Å²) in [6, 6.07) is 7.26. The number of hydrogen-bond donors (Lipinski definition) is 1. The summed E-state index contributed by atoms with van der Waals surface area (Å²) in [5, 5.41) is -5.71. The average molecular weight is 428 g/mol. The highest BCUT2D eigenvalue weighted by Crippen LogP contribution is 2.39. The molecule has 1 aliphatic rings. The Morgan fingerprint density at radius 3 is 2.21 bits per heavy atom. The van der Waals surface area contributed by atoms with Crippen LogP contribution in [-0.4, -0.2) is 117 Å². The highest BCUT2D eigenvalue weighted by Gasteiger charge is 2.57.